The molecule has 2 heterocycles. The summed E-state index contributed by atoms with van der Waals surface area (Å²) in [4.78, 5) is 30.5. The van der Waals surface area contributed by atoms with E-state index in [4.69, 9.17) is 0 Å². The molecule has 1 aliphatic rings. The maximum absolute atomic E-state index is 13.0. The molecule has 0 spiro atoms. The number of amides is 1. The van der Waals surface area contributed by atoms with Crippen molar-refractivity contribution in [1.29, 1.82) is 0 Å². The summed E-state index contributed by atoms with van der Waals surface area (Å²) in [5.74, 6) is 0.863. The molecule has 0 aliphatic heterocycles. The first-order valence-corrected chi connectivity index (χ1v) is 10.2. The summed E-state index contributed by atoms with van der Waals surface area (Å²) in [5, 5.41) is 15.4. The normalized spacial score (nSPS) is 14.5. The Morgan fingerprint density at radius 2 is 1.97 bits per heavy atom. The maximum Gasteiger partial charge on any atom is 0.262 e. The van der Waals surface area contributed by atoms with Gasteiger partial charge in [-0.3, -0.25) is 14.2 Å². The van der Waals surface area contributed by atoms with E-state index >= 15 is 0 Å². The molecule has 156 valence electrons. The zero-order valence-electron chi connectivity index (χ0n) is 17.2. The number of benzene rings is 2. The summed E-state index contributed by atoms with van der Waals surface area (Å²) < 4.78 is 3.25. The van der Waals surface area contributed by atoms with Crippen molar-refractivity contribution in [2.75, 3.05) is 5.32 Å². The van der Waals surface area contributed by atoms with Gasteiger partial charge in [0.1, 0.15) is 11.9 Å². The first kappa shape index (κ1) is 19.1. The summed E-state index contributed by atoms with van der Waals surface area (Å²) in [6, 6.07) is 14.1. The zero-order chi connectivity index (χ0) is 21.5. The molecule has 0 unspecified atom stereocenters. The second-order valence-electron chi connectivity index (χ2n) is 7.78. The minimum atomic E-state index is -0.731. The van der Waals surface area contributed by atoms with Gasteiger partial charge in [-0.05, 0) is 61.4 Å². The van der Waals surface area contributed by atoms with E-state index < -0.39 is 6.04 Å². The highest BCUT2D eigenvalue weighted by atomic mass is 16.2. The molecular formula is C22H21N7O2. The quantitative estimate of drug-likeness (QED) is 0.537. The van der Waals surface area contributed by atoms with Crippen LogP contribution in [-0.2, 0) is 4.79 Å². The largest absolute Gasteiger partial charge is 0.324 e. The lowest BCUT2D eigenvalue weighted by molar-refractivity contribution is -0.118. The molecule has 1 fully saturated rings. The number of nitrogens with zero attached hydrogens (tertiary/aromatic N) is 6. The number of hydrogen-bond acceptors (Lipinski definition) is 6. The smallest absolute Gasteiger partial charge is 0.262 e. The molecule has 4 aromatic rings. The number of carbonyl (C=O) groups excluding carboxylic acids is 1. The molecule has 0 radical (unpaired) electrons. The number of carbonyl (C=O) groups is 1. The fourth-order valence-electron chi connectivity index (χ4n) is 3.76. The Balaban J connectivity index is 1.42. The minimum absolute atomic E-state index is 0.233. The number of tetrazole rings is 1. The molecule has 1 N–H and O–H groups in total. The molecule has 2 aromatic heterocycles. The predicted molar refractivity (Wildman–Crippen MR) is 116 cm³/mol. The Labute approximate surface area is 177 Å². The lowest BCUT2D eigenvalue weighted by Gasteiger charge is -2.18. The van der Waals surface area contributed by atoms with Crippen LogP contribution in [0, 0.1) is 6.92 Å². The van der Waals surface area contributed by atoms with Gasteiger partial charge in [0.2, 0.25) is 5.91 Å². The third-order valence-corrected chi connectivity index (χ3v) is 5.52. The number of nitrogens with one attached hydrogen (secondary N) is 1. The van der Waals surface area contributed by atoms with Crippen LogP contribution < -0.4 is 10.9 Å². The minimum Gasteiger partial charge on any atom is -0.324 e. The van der Waals surface area contributed by atoms with E-state index in [1.165, 1.54) is 4.57 Å². The van der Waals surface area contributed by atoms with Crippen LogP contribution in [0.2, 0.25) is 0 Å². The van der Waals surface area contributed by atoms with Crippen molar-refractivity contribution in [1.82, 2.24) is 29.8 Å². The van der Waals surface area contributed by atoms with Crippen molar-refractivity contribution in [2.24, 2.45) is 0 Å². The van der Waals surface area contributed by atoms with E-state index in [-0.39, 0.29) is 11.5 Å². The van der Waals surface area contributed by atoms with Crippen molar-refractivity contribution in [3.8, 4) is 11.4 Å². The number of hydrogen-bond donors (Lipinski definition) is 1. The number of aryl methyl sites for hydroxylation is 1. The molecule has 2 aromatic carbocycles. The standard InChI is InChI=1S/C22H21N7O2/c1-13(28-14(2)23-19-9-4-3-8-18(19)22(28)31)21(30)24-16-7-5-6-15(12-16)20-25-26-27-29(20)17-10-11-17/h3-9,12-13,17H,10-11H2,1-2H3,(H,24,30)/t13-/m0/s1. The summed E-state index contributed by atoms with van der Waals surface area (Å²) >= 11 is 0. The number of para-hydroxylation sites is 1. The SMILES string of the molecule is Cc1nc2ccccc2c(=O)n1[C@@H](C)C(=O)Nc1cccc(-c2nnnn2C2CC2)c1. The van der Waals surface area contributed by atoms with Gasteiger partial charge in [-0.15, -0.1) is 5.10 Å². The van der Waals surface area contributed by atoms with Crippen molar-refractivity contribution in [3.63, 3.8) is 0 Å². The third-order valence-electron chi connectivity index (χ3n) is 5.52. The highest BCUT2D eigenvalue weighted by Crippen LogP contribution is 2.36. The molecule has 31 heavy (non-hydrogen) atoms. The lowest BCUT2D eigenvalue weighted by atomic mass is 10.1. The van der Waals surface area contributed by atoms with Crippen LogP contribution in [0.15, 0.2) is 53.3 Å². The van der Waals surface area contributed by atoms with Gasteiger partial charge in [0.15, 0.2) is 5.82 Å². The number of fused-ring (bicyclic) bond motifs is 1. The van der Waals surface area contributed by atoms with Crippen LogP contribution in [0.25, 0.3) is 22.3 Å². The molecule has 1 aliphatic carbocycles. The van der Waals surface area contributed by atoms with Crippen molar-refractivity contribution >= 4 is 22.5 Å². The van der Waals surface area contributed by atoms with E-state index in [0.29, 0.717) is 34.3 Å². The van der Waals surface area contributed by atoms with Crippen molar-refractivity contribution in [3.05, 3.63) is 64.7 Å². The van der Waals surface area contributed by atoms with Gasteiger partial charge in [0.25, 0.3) is 5.56 Å². The fourth-order valence-corrected chi connectivity index (χ4v) is 3.76. The zero-order valence-corrected chi connectivity index (χ0v) is 17.2. The van der Waals surface area contributed by atoms with Gasteiger partial charge in [0, 0.05) is 11.3 Å². The van der Waals surface area contributed by atoms with E-state index in [2.05, 4.69) is 25.8 Å². The molecule has 1 saturated carbocycles. The maximum atomic E-state index is 13.0. The van der Waals surface area contributed by atoms with Crippen LogP contribution in [0.1, 0.15) is 37.7 Å². The number of aromatic nitrogens is 6. The van der Waals surface area contributed by atoms with Gasteiger partial charge in [-0.1, -0.05) is 24.3 Å². The Kier molecular flexibility index (Phi) is 4.58. The van der Waals surface area contributed by atoms with Crippen molar-refractivity contribution < 1.29 is 4.79 Å². The third kappa shape index (κ3) is 3.48. The Morgan fingerprint density at radius 3 is 2.77 bits per heavy atom. The molecule has 9 heteroatoms. The fraction of sp³-hybridized carbons (Fsp3) is 0.273. The van der Waals surface area contributed by atoms with Gasteiger partial charge >= 0.3 is 0 Å². The molecule has 1 amide bonds. The molecule has 0 saturated heterocycles. The van der Waals surface area contributed by atoms with Gasteiger partial charge < -0.3 is 5.32 Å². The summed E-state index contributed by atoms with van der Waals surface area (Å²) in [6.07, 6.45) is 2.14. The average molecular weight is 415 g/mol. The number of rotatable bonds is 5. The van der Waals surface area contributed by atoms with Crippen LogP contribution in [0.4, 0.5) is 5.69 Å². The molecule has 5 rings (SSSR count). The van der Waals surface area contributed by atoms with E-state index in [0.717, 1.165) is 18.4 Å². The van der Waals surface area contributed by atoms with Crippen LogP contribution in [-0.4, -0.2) is 35.7 Å². The first-order chi connectivity index (χ1) is 15.0. The summed E-state index contributed by atoms with van der Waals surface area (Å²) in [7, 11) is 0. The Morgan fingerprint density at radius 1 is 1.16 bits per heavy atom. The van der Waals surface area contributed by atoms with Crippen LogP contribution in [0.5, 0.6) is 0 Å². The molecule has 1 atom stereocenters. The highest BCUT2D eigenvalue weighted by Gasteiger charge is 2.28. The monoisotopic (exact) mass is 415 g/mol. The first-order valence-electron chi connectivity index (χ1n) is 10.2. The van der Waals surface area contributed by atoms with Crippen molar-refractivity contribution in [2.45, 2.75) is 38.8 Å². The Hall–Kier alpha value is -3.88. The van der Waals surface area contributed by atoms with E-state index in [1.54, 1.807) is 38.1 Å². The van der Waals surface area contributed by atoms with Gasteiger partial charge in [-0.25, -0.2) is 9.67 Å². The molecule has 0 bridgehead atoms. The second-order valence-corrected chi connectivity index (χ2v) is 7.78. The molecule has 9 nitrogen and oxygen atoms in total. The summed E-state index contributed by atoms with van der Waals surface area (Å²) in [6.45, 7) is 3.42. The highest BCUT2D eigenvalue weighted by molar-refractivity contribution is 5.94. The van der Waals surface area contributed by atoms with Gasteiger partial charge in [0.05, 0.1) is 16.9 Å². The van der Waals surface area contributed by atoms with Gasteiger partial charge in [-0.2, -0.15) is 0 Å². The predicted octanol–water partition coefficient (Wildman–Crippen LogP) is 2.89. The van der Waals surface area contributed by atoms with E-state index in [1.807, 2.05) is 28.9 Å². The molecular weight excluding hydrogens is 394 g/mol. The number of anilines is 1. The van der Waals surface area contributed by atoms with Crippen LogP contribution in [0.3, 0.4) is 0 Å². The second kappa shape index (κ2) is 7.42. The summed E-state index contributed by atoms with van der Waals surface area (Å²) in [5.41, 5.74) is 1.82. The Bertz CT molecular complexity index is 1350. The van der Waals surface area contributed by atoms with E-state index in [9.17, 15) is 9.59 Å². The van der Waals surface area contributed by atoms with Crippen LogP contribution >= 0.6 is 0 Å². The lowest BCUT2D eigenvalue weighted by Crippen LogP contribution is -2.33. The average Bonchev–Trinajstić information content (AvgIpc) is 3.50. The topological polar surface area (TPSA) is 108 Å².